The summed E-state index contributed by atoms with van der Waals surface area (Å²) in [6.45, 7) is 0.670. The lowest BCUT2D eigenvalue weighted by Crippen LogP contribution is -2.25. The quantitative estimate of drug-likeness (QED) is 0.341. The van der Waals surface area contributed by atoms with Crippen molar-refractivity contribution in [2.45, 2.75) is 36.3 Å². The summed E-state index contributed by atoms with van der Waals surface area (Å²) in [6, 6.07) is 26.4. The molecule has 0 bridgehead atoms. The van der Waals surface area contributed by atoms with Gasteiger partial charge in [-0.25, -0.2) is 0 Å². The number of rotatable bonds is 9. The number of nitrogens with one attached hydrogen (secondary N) is 1. The van der Waals surface area contributed by atoms with Gasteiger partial charge in [0.1, 0.15) is 5.75 Å². The van der Waals surface area contributed by atoms with E-state index in [1.807, 2.05) is 66.7 Å². The first-order valence-corrected chi connectivity index (χ1v) is 12.3. The minimum absolute atomic E-state index is 0.00670. The lowest BCUT2D eigenvalue weighted by atomic mass is 10.1. The van der Waals surface area contributed by atoms with E-state index in [1.54, 1.807) is 18.9 Å². The van der Waals surface area contributed by atoms with E-state index in [2.05, 4.69) is 32.2 Å². The van der Waals surface area contributed by atoms with E-state index < -0.39 is 0 Å². The molecule has 1 saturated carbocycles. The molecule has 3 aromatic carbocycles. The van der Waals surface area contributed by atoms with Gasteiger partial charge >= 0.3 is 0 Å². The molecule has 172 valence electrons. The summed E-state index contributed by atoms with van der Waals surface area (Å²) in [4.78, 5) is 12.2. The third-order valence-corrected chi connectivity index (χ3v) is 6.76. The standard InChI is InChI=1S/C27H26N4O2S/c1-33-24-9-5-8-22(16-24)25-29-30-27(31(25)17-19-6-3-2-4-7-19)34-18-20-10-12-21(13-11-20)26(32)28-23-14-15-23/h2-13,16,23H,14-15,17-18H2,1H3,(H,28,32). The summed E-state index contributed by atoms with van der Waals surface area (Å²) in [5.41, 5.74) is 3.97. The lowest BCUT2D eigenvalue weighted by molar-refractivity contribution is 0.0951. The van der Waals surface area contributed by atoms with Crippen molar-refractivity contribution in [1.29, 1.82) is 0 Å². The van der Waals surface area contributed by atoms with Gasteiger partial charge in [0.15, 0.2) is 11.0 Å². The third-order valence-electron chi connectivity index (χ3n) is 5.72. The molecule has 1 fully saturated rings. The maximum Gasteiger partial charge on any atom is 0.251 e. The third kappa shape index (κ3) is 5.31. The summed E-state index contributed by atoms with van der Waals surface area (Å²) in [5.74, 6) is 2.33. The van der Waals surface area contributed by atoms with Crippen LogP contribution in [0.3, 0.4) is 0 Å². The molecule has 6 nitrogen and oxygen atoms in total. The second-order valence-corrected chi connectivity index (χ2v) is 9.29. The smallest absolute Gasteiger partial charge is 0.251 e. The number of methoxy groups -OCH3 is 1. The van der Waals surface area contributed by atoms with Crippen molar-refractivity contribution in [2.75, 3.05) is 7.11 Å². The lowest BCUT2D eigenvalue weighted by Gasteiger charge is -2.11. The Kier molecular flexibility index (Phi) is 6.62. The fraction of sp³-hybridized carbons (Fsp3) is 0.222. The summed E-state index contributed by atoms with van der Waals surface area (Å²) in [6.07, 6.45) is 2.17. The van der Waals surface area contributed by atoms with E-state index in [4.69, 9.17) is 4.74 Å². The predicted molar refractivity (Wildman–Crippen MR) is 134 cm³/mol. The Labute approximate surface area is 203 Å². The minimum atomic E-state index is 0.00670. The van der Waals surface area contributed by atoms with Crippen LogP contribution in [0, 0.1) is 0 Å². The largest absolute Gasteiger partial charge is 0.497 e. The number of aromatic nitrogens is 3. The summed E-state index contributed by atoms with van der Waals surface area (Å²) >= 11 is 1.64. The van der Waals surface area contributed by atoms with Gasteiger partial charge in [-0.05, 0) is 48.2 Å². The molecule has 0 aliphatic heterocycles. The van der Waals surface area contributed by atoms with Crippen LogP contribution in [0.25, 0.3) is 11.4 Å². The molecule has 5 rings (SSSR count). The van der Waals surface area contributed by atoms with Crippen LogP contribution < -0.4 is 10.1 Å². The van der Waals surface area contributed by atoms with E-state index in [1.165, 1.54) is 5.56 Å². The van der Waals surface area contributed by atoms with Crippen molar-refractivity contribution in [2.24, 2.45) is 0 Å². The predicted octanol–water partition coefficient (Wildman–Crippen LogP) is 5.19. The number of thioether (sulfide) groups is 1. The fourth-order valence-electron chi connectivity index (χ4n) is 3.68. The van der Waals surface area contributed by atoms with Crippen molar-refractivity contribution < 1.29 is 9.53 Å². The molecule has 34 heavy (non-hydrogen) atoms. The SMILES string of the molecule is COc1cccc(-c2nnc(SCc3ccc(C(=O)NC4CC4)cc3)n2Cc2ccccc2)c1. The number of ether oxygens (including phenoxy) is 1. The molecule has 4 aromatic rings. The first-order valence-electron chi connectivity index (χ1n) is 11.3. The molecule has 0 saturated heterocycles. The van der Waals surface area contributed by atoms with Gasteiger partial charge in [-0.15, -0.1) is 10.2 Å². The van der Waals surface area contributed by atoms with Gasteiger partial charge in [0.2, 0.25) is 0 Å². The van der Waals surface area contributed by atoms with Crippen molar-refractivity contribution >= 4 is 17.7 Å². The zero-order chi connectivity index (χ0) is 23.3. The van der Waals surface area contributed by atoms with Gasteiger partial charge in [0.05, 0.1) is 13.7 Å². The maximum atomic E-state index is 12.2. The van der Waals surface area contributed by atoms with Crippen LogP contribution in [0.2, 0.25) is 0 Å². The molecular weight excluding hydrogens is 444 g/mol. The molecule has 1 amide bonds. The zero-order valence-electron chi connectivity index (χ0n) is 19.0. The van der Waals surface area contributed by atoms with Crippen LogP contribution in [0.1, 0.15) is 34.3 Å². The van der Waals surface area contributed by atoms with E-state index in [9.17, 15) is 4.79 Å². The Hall–Kier alpha value is -3.58. The number of carbonyl (C=O) groups excluding carboxylic acids is 1. The molecule has 0 atom stereocenters. The molecule has 0 spiro atoms. The highest BCUT2D eigenvalue weighted by molar-refractivity contribution is 7.98. The van der Waals surface area contributed by atoms with Crippen LogP contribution in [0.4, 0.5) is 0 Å². The monoisotopic (exact) mass is 470 g/mol. The number of benzene rings is 3. The number of hydrogen-bond donors (Lipinski definition) is 1. The Morgan fingerprint density at radius 3 is 2.53 bits per heavy atom. The molecule has 1 heterocycles. The van der Waals surface area contributed by atoms with Crippen LogP contribution in [-0.4, -0.2) is 33.8 Å². The average Bonchev–Trinajstić information content (AvgIpc) is 3.61. The van der Waals surface area contributed by atoms with E-state index in [0.29, 0.717) is 18.2 Å². The van der Waals surface area contributed by atoms with Crippen molar-refractivity contribution in [3.05, 3.63) is 95.6 Å². The van der Waals surface area contributed by atoms with Crippen molar-refractivity contribution in [3.63, 3.8) is 0 Å². The molecule has 0 unspecified atom stereocenters. The summed E-state index contributed by atoms with van der Waals surface area (Å²) in [7, 11) is 1.66. The number of nitrogens with zero attached hydrogens (tertiary/aromatic N) is 3. The molecule has 7 heteroatoms. The highest BCUT2D eigenvalue weighted by Gasteiger charge is 2.23. The van der Waals surface area contributed by atoms with Gasteiger partial charge in [0, 0.05) is 22.9 Å². The van der Waals surface area contributed by atoms with E-state index >= 15 is 0 Å². The molecule has 1 aromatic heterocycles. The van der Waals surface area contributed by atoms with Crippen LogP contribution >= 0.6 is 11.8 Å². The average molecular weight is 471 g/mol. The van der Waals surface area contributed by atoms with Crippen molar-refractivity contribution in [3.8, 4) is 17.1 Å². The van der Waals surface area contributed by atoms with Gasteiger partial charge in [-0.1, -0.05) is 66.4 Å². The highest BCUT2D eigenvalue weighted by Crippen LogP contribution is 2.29. The summed E-state index contributed by atoms with van der Waals surface area (Å²) in [5, 5.41) is 12.9. The normalized spacial score (nSPS) is 13.0. The molecular formula is C27H26N4O2S. The van der Waals surface area contributed by atoms with Crippen LogP contribution in [0.5, 0.6) is 5.75 Å². The zero-order valence-corrected chi connectivity index (χ0v) is 19.8. The van der Waals surface area contributed by atoms with Gasteiger partial charge < -0.3 is 10.1 Å². The second-order valence-electron chi connectivity index (χ2n) is 8.34. The number of amides is 1. The van der Waals surface area contributed by atoms with Gasteiger partial charge in [0.25, 0.3) is 5.91 Å². The van der Waals surface area contributed by atoms with Gasteiger partial charge in [-0.3, -0.25) is 9.36 Å². The van der Waals surface area contributed by atoms with Crippen molar-refractivity contribution in [1.82, 2.24) is 20.1 Å². The highest BCUT2D eigenvalue weighted by atomic mass is 32.2. The second kappa shape index (κ2) is 10.1. The number of carbonyl (C=O) groups is 1. The Morgan fingerprint density at radius 1 is 1.00 bits per heavy atom. The topological polar surface area (TPSA) is 69.0 Å². The van der Waals surface area contributed by atoms with Crippen LogP contribution in [0.15, 0.2) is 84.0 Å². The Bertz CT molecular complexity index is 1270. The Balaban J connectivity index is 1.36. The molecule has 1 aliphatic carbocycles. The fourth-order valence-corrected chi connectivity index (χ4v) is 4.57. The minimum Gasteiger partial charge on any atom is -0.497 e. The van der Waals surface area contributed by atoms with E-state index in [0.717, 1.165) is 46.5 Å². The summed E-state index contributed by atoms with van der Waals surface area (Å²) < 4.78 is 7.55. The molecule has 1 N–H and O–H groups in total. The molecule has 1 aliphatic rings. The Morgan fingerprint density at radius 2 is 1.79 bits per heavy atom. The number of hydrogen-bond acceptors (Lipinski definition) is 5. The first-order chi connectivity index (χ1) is 16.7. The van der Waals surface area contributed by atoms with Crippen LogP contribution in [-0.2, 0) is 12.3 Å². The maximum absolute atomic E-state index is 12.2. The molecule has 0 radical (unpaired) electrons. The first kappa shape index (κ1) is 22.2. The van der Waals surface area contributed by atoms with E-state index in [-0.39, 0.29) is 5.91 Å². The van der Waals surface area contributed by atoms with Gasteiger partial charge in [-0.2, -0.15) is 0 Å².